The number of allylic oxidation sites excluding steroid dienone is 2. The zero-order chi connectivity index (χ0) is 15.4. The van der Waals surface area contributed by atoms with Crippen LogP contribution in [-0.2, 0) is 23.7 Å². The lowest BCUT2D eigenvalue weighted by atomic mass is 9.94. The number of methoxy groups -OCH3 is 2. The van der Waals surface area contributed by atoms with E-state index in [0.29, 0.717) is 5.57 Å². The van der Waals surface area contributed by atoms with Gasteiger partial charge in [0, 0.05) is 19.8 Å². The van der Waals surface area contributed by atoms with Crippen LogP contribution in [0.1, 0.15) is 27.7 Å². The van der Waals surface area contributed by atoms with Crippen LogP contribution in [0.15, 0.2) is 23.8 Å². The second-order valence-corrected chi connectivity index (χ2v) is 5.17. The van der Waals surface area contributed by atoms with Crippen molar-refractivity contribution in [3.8, 4) is 0 Å². The molecule has 0 aromatic rings. The highest BCUT2D eigenvalue weighted by atomic mass is 16.8. The SMILES string of the molecule is COC1(OC)C=C(C=O)C=CC1(OC(C)C)OC(C)C. The number of carbonyl (C=O) groups excluding carboxylic acids is 1. The predicted octanol–water partition coefficient (Wildman–Crippen LogP) is 2.22. The Kier molecular flexibility index (Phi) is 5.65. The van der Waals surface area contributed by atoms with Crippen LogP contribution in [-0.4, -0.2) is 44.3 Å². The molecule has 0 aromatic heterocycles. The minimum Gasteiger partial charge on any atom is -0.345 e. The normalized spacial score (nSPS) is 20.3. The van der Waals surface area contributed by atoms with Gasteiger partial charge in [-0.2, -0.15) is 0 Å². The van der Waals surface area contributed by atoms with Crippen molar-refractivity contribution in [1.29, 1.82) is 0 Å². The highest BCUT2D eigenvalue weighted by Gasteiger charge is 2.55. The molecule has 0 aromatic carbocycles. The molecule has 0 radical (unpaired) electrons. The summed E-state index contributed by atoms with van der Waals surface area (Å²) in [5.74, 6) is -2.56. The van der Waals surface area contributed by atoms with E-state index in [-0.39, 0.29) is 12.2 Å². The van der Waals surface area contributed by atoms with E-state index in [1.54, 1.807) is 18.2 Å². The summed E-state index contributed by atoms with van der Waals surface area (Å²) in [4.78, 5) is 11.0. The van der Waals surface area contributed by atoms with Gasteiger partial charge in [-0.05, 0) is 39.8 Å². The second kappa shape index (κ2) is 6.63. The maximum Gasteiger partial charge on any atom is 0.249 e. The topological polar surface area (TPSA) is 54.0 Å². The summed E-state index contributed by atoms with van der Waals surface area (Å²) in [5.41, 5.74) is 0.448. The van der Waals surface area contributed by atoms with Crippen molar-refractivity contribution in [2.75, 3.05) is 14.2 Å². The summed E-state index contributed by atoms with van der Waals surface area (Å²) in [5, 5.41) is 0. The van der Waals surface area contributed by atoms with Gasteiger partial charge in [0.2, 0.25) is 11.6 Å². The van der Waals surface area contributed by atoms with Crippen molar-refractivity contribution in [2.45, 2.75) is 51.5 Å². The van der Waals surface area contributed by atoms with Crippen LogP contribution in [0.5, 0.6) is 0 Å². The molecule has 1 aliphatic carbocycles. The van der Waals surface area contributed by atoms with Crippen molar-refractivity contribution in [3.63, 3.8) is 0 Å². The molecule has 0 spiro atoms. The summed E-state index contributed by atoms with van der Waals surface area (Å²) in [7, 11) is 2.98. The first-order valence-electron chi connectivity index (χ1n) is 6.68. The highest BCUT2D eigenvalue weighted by Crippen LogP contribution is 2.40. The third kappa shape index (κ3) is 3.17. The van der Waals surface area contributed by atoms with Crippen LogP contribution in [0, 0.1) is 0 Å². The van der Waals surface area contributed by atoms with Crippen LogP contribution in [0.4, 0.5) is 0 Å². The first-order chi connectivity index (χ1) is 9.34. The Morgan fingerprint density at radius 1 is 1.00 bits per heavy atom. The fourth-order valence-electron chi connectivity index (χ4n) is 2.22. The quantitative estimate of drug-likeness (QED) is 0.530. The molecular weight excluding hydrogens is 260 g/mol. The minimum atomic E-state index is -1.31. The van der Waals surface area contributed by atoms with Crippen molar-refractivity contribution >= 4 is 6.29 Å². The maximum absolute atomic E-state index is 11.0. The van der Waals surface area contributed by atoms with Gasteiger partial charge in [0.05, 0.1) is 12.2 Å². The van der Waals surface area contributed by atoms with Gasteiger partial charge in [0.25, 0.3) is 0 Å². The molecule has 0 unspecified atom stereocenters. The van der Waals surface area contributed by atoms with Crippen molar-refractivity contribution in [3.05, 3.63) is 23.8 Å². The van der Waals surface area contributed by atoms with Gasteiger partial charge in [0.15, 0.2) is 0 Å². The van der Waals surface area contributed by atoms with Crippen molar-refractivity contribution in [1.82, 2.24) is 0 Å². The third-order valence-corrected chi connectivity index (χ3v) is 2.90. The van der Waals surface area contributed by atoms with Gasteiger partial charge in [-0.15, -0.1) is 0 Å². The monoisotopic (exact) mass is 284 g/mol. The first-order valence-corrected chi connectivity index (χ1v) is 6.68. The Labute approximate surface area is 120 Å². The van der Waals surface area contributed by atoms with E-state index < -0.39 is 11.6 Å². The summed E-state index contributed by atoms with van der Waals surface area (Å²) in [6, 6.07) is 0. The lowest BCUT2D eigenvalue weighted by molar-refractivity contribution is -0.374. The second-order valence-electron chi connectivity index (χ2n) is 5.17. The molecule has 1 aliphatic rings. The molecule has 5 nitrogen and oxygen atoms in total. The van der Waals surface area contributed by atoms with Gasteiger partial charge >= 0.3 is 0 Å². The van der Waals surface area contributed by atoms with Crippen LogP contribution in [0.3, 0.4) is 0 Å². The third-order valence-electron chi connectivity index (χ3n) is 2.90. The highest BCUT2D eigenvalue weighted by molar-refractivity contribution is 5.78. The summed E-state index contributed by atoms with van der Waals surface area (Å²) in [6.07, 6.45) is 5.39. The largest absolute Gasteiger partial charge is 0.345 e. The van der Waals surface area contributed by atoms with E-state index in [4.69, 9.17) is 18.9 Å². The van der Waals surface area contributed by atoms with Crippen molar-refractivity contribution < 1.29 is 23.7 Å². The lowest BCUT2D eigenvalue weighted by Crippen LogP contribution is -2.60. The standard InChI is InChI=1S/C15H24O5/c1-11(2)19-14(20-12(3)4)8-7-13(10-16)9-15(14,17-5)18-6/h7-12H,1-6H3. The molecule has 5 heteroatoms. The van der Waals surface area contributed by atoms with Crippen LogP contribution in [0.2, 0.25) is 0 Å². The molecule has 20 heavy (non-hydrogen) atoms. The van der Waals surface area contributed by atoms with Crippen LogP contribution < -0.4 is 0 Å². The number of carbonyl (C=O) groups is 1. The van der Waals surface area contributed by atoms with E-state index in [1.807, 2.05) is 27.7 Å². The van der Waals surface area contributed by atoms with E-state index in [2.05, 4.69) is 0 Å². The fourth-order valence-corrected chi connectivity index (χ4v) is 2.22. The average Bonchev–Trinajstić information content (AvgIpc) is 2.38. The van der Waals surface area contributed by atoms with E-state index in [0.717, 1.165) is 6.29 Å². The number of rotatable bonds is 7. The molecule has 1 rings (SSSR count). The molecule has 0 amide bonds. The molecule has 0 saturated heterocycles. The number of hydrogen-bond donors (Lipinski definition) is 0. The zero-order valence-corrected chi connectivity index (χ0v) is 13.0. The summed E-state index contributed by atoms with van der Waals surface area (Å²) >= 11 is 0. The van der Waals surface area contributed by atoms with Gasteiger partial charge in [0.1, 0.15) is 6.29 Å². The van der Waals surface area contributed by atoms with Gasteiger partial charge in [-0.25, -0.2) is 0 Å². The Balaban J connectivity index is 3.34. The van der Waals surface area contributed by atoms with Gasteiger partial charge in [-0.3, -0.25) is 4.79 Å². The average molecular weight is 284 g/mol. The van der Waals surface area contributed by atoms with E-state index in [9.17, 15) is 4.79 Å². The summed E-state index contributed by atoms with van der Waals surface area (Å²) in [6.45, 7) is 7.59. The molecule has 0 atom stereocenters. The Bertz CT molecular complexity index is 381. The fraction of sp³-hybridized carbons (Fsp3) is 0.667. The lowest BCUT2D eigenvalue weighted by Gasteiger charge is -2.47. The Hall–Kier alpha value is -1.01. The number of ether oxygens (including phenoxy) is 4. The molecule has 0 N–H and O–H groups in total. The smallest absolute Gasteiger partial charge is 0.249 e. The number of aldehydes is 1. The van der Waals surface area contributed by atoms with Crippen molar-refractivity contribution in [2.24, 2.45) is 0 Å². The Morgan fingerprint density at radius 2 is 1.50 bits per heavy atom. The predicted molar refractivity (Wildman–Crippen MR) is 75.2 cm³/mol. The number of hydrogen-bond acceptors (Lipinski definition) is 5. The molecule has 0 heterocycles. The van der Waals surface area contributed by atoms with E-state index >= 15 is 0 Å². The molecule has 0 fully saturated rings. The maximum atomic E-state index is 11.0. The summed E-state index contributed by atoms with van der Waals surface area (Å²) < 4.78 is 23.0. The van der Waals surface area contributed by atoms with Crippen LogP contribution >= 0.6 is 0 Å². The van der Waals surface area contributed by atoms with E-state index in [1.165, 1.54) is 14.2 Å². The first kappa shape index (κ1) is 17.0. The molecular formula is C15H24O5. The molecule has 114 valence electrons. The van der Waals surface area contributed by atoms with Gasteiger partial charge < -0.3 is 18.9 Å². The minimum absolute atomic E-state index is 0.116. The molecule has 0 bridgehead atoms. The molecule has 0 aliphatic heterocycles. The van der Waals surface area contributed by atoms with Crippen LogP contribution in [0.25, 0.3) is 0 Å². The Morgan fingerprint density at radius 3 is 1.85 bits per heavy atom. The van der Waals surface area contributed by atoms with Gasteiger partial charge in [-0.1, -0.05) is 6.08 Å². The zero-order valence-electron chi connectivity index (χ0n) is 13.0. The molecule has 0 saturated carbocycles.